The number of benzene rings is 3. The monoisotopic (exact) mass is 668 g/mol. The van der Waals surface area contributed by atoms with Crippen LogP contribution in [0.5, 0.6) is 5.75 Å². The van der Waals surface area contributed by atoms with Crippen molar-refractivity contribution in [3.63, 3.8) is 0 Å². The van der Waals surface area contributed by atoms with Crippen molar-refractivity contribution in [1.29, 1.82) is 0 Å². The van der Waals surface area contributed by atoms with E-state index in [1.54, 1.807) is 6.08 Å². The van der Waals surface area contributed by atoms with Crippen LogP contribution in [0.2, 0.25) is 0 Å². The van der Waals surface area contributed by atoms with Crippen molar-refractivity contribution in [2.75, 3.05) is 13.7 Å². The number of carbonyl (C=O) groups excluding carboxylic acids is 3. The third-order valence-corrected chi connectivity index (χ3v) is 6.61. The molecule has 1 aliphatic rings. The maximum Gasteiger partial charge on any atom is 0.329 e. The van der Waals surface area contributed by atoms with Crippen molar-refractivity contribution in [2.45, 2.75) is 6.61 Å². The van der Waals surface area contributed by atoms with E-state index < -0.39 is 24.5 Å². The number of methoxy groups -OCH3 is 1. The summed E-state index contributed by atoms with van der Waals surface area (Å²) in [5, 5.41) is 4.84. The summed E-state index contributed by atoms with van der Waals surface area (Å²) in [4.78, 5) is 36.8. The van der Waals surface area contributed by atoms with Gasteiger partial charge < -0.3 is 14.8 Å². The number of esters is 1. The standard InChI is InChI=1S/C24H18I2N2O5/c1-32-21(29)12-28-23(30)20(27-24(28)31)11-15-9-18(25)22(19(26)10-15)33-13-14-6-7-16-4-2-3-5-17(16)8-14/h2-11H,12-13H2,1H3,(H,27,31)/b20-11+. The number of rotatable bonds is 6. The second-order valence-corrected chi connectivity index (χ2v) is 9.56. The summed E-state index contributed by atoms with van der Waals surface area (Å²) < 4.78 is 12.4. The van der Waals surface area contributed by atoms with Crippen LogP contribution in [0.4, 0.5) is 4.79 Å². The van der Waals surface area contributed by atoms with Gasteiger partial charge in [0, 0.05) is 0 Å². The zero-order valence-corrected chi connectivity index (χ0v) is 21.7. The number of nitrogens with one attached hydrogen (secondary N) is 1. The maximum atomic E-state index is 12.5. The van der Waals surface area contributed by atoms with Gasteiger partial charge in [0.2, 0.25) is 0 Å². The van der Waals surface area contributed by atoms with Gasteiger partial charge in [0.15, 0.2) is 0 Å². The van der Waals surface area contributed by atoms with Crippen LogP contribution in [0, 0.1) is 7.14 Å². The Kier molecular flexibility index (Phi) is 7.17. The number of nitrogens with zero attached hydrogens (tertiary/aromatic N) is 1. The van der Waals surface area contributed by atoms with Crippen LogP contribution in [-0.2, 0) is 20.9 Å². The molecular weight excluding hydrogens is 650 g/mol. The van der Waals surface area contributed by atoms with Crippen LogP contribution in [0.1, 0.15) is 11.1 Å². The number of fused-ring (bicyclic) bond motifs is 1. The van der Waals surface area contributed by atoms with Gasteiger partial charge in [-0.25, -0.2) is 9.69 Å². The number of imide groups is 1. The van der Waals surface area contributed by atoms with Crippen molar-refractivity contribution in [3.05, 3.63) is 78.6 Å². The first-order valence-electron chi connectivity index (χ1n) is 9.86. The van der Waals surface area contributed by atoms with Gasteiger partial charge in [-0.2, -0.15) is 0 Å². The molecule has 3 amide bonds. The molecule has 1 heterocycles. The number of amides is 3. The molecule has 0 unspecified atom stereocenters. The van der Waals surface area contributed by atoms with Crippen LogP contribution in [0.15, 0.2) is 60.3 Å². The molecule has 9 heteroatoms. The number of carbonyl (C=O) groups is 3. The summed E-state index contributed by atoms with van der Waals surface area (Å²) in [6, 6.07) is 17.5. The molecule has 0 aromatic heterocycles. The second-order valence-electron chi connectivity index (χ2n) is 7.24. The molecule has 1 fully saturated rings. The molecule has 0 bridgehead atoms. The lowest BCUT2D eigenvalue weighted by molar-refractivity contribution is -0.143. The van der Waals surface area contributed by atoms with Gasteiger partial charge in [-0.15, -0.1) is 0 Å². The summed E-state index contributed by atoms with van der Waals surface area (Å²) in [5.41, 5.74) is 1.89. The maximum absolute atomic E-state index is 12.5. The van der Waals surface area contributed by atoms with Crippen LogP contribution >= 0.6 is 45.2 Å². The predicted octanol–water partition coefficient (Wildman–Crippen LogP) is 4.69. The summed E-state index contributed by atoms with van der Waals surface area (Å²) in [7, 11) is 1.20. The molecule has 0 saturated carbocycles. The van der Waals surface area contributed by atoms with Crippen molar-refractivity contribution in [2.24, 2.45) is 0 Å². The zero-order valence-electron chi connectivity index (χ0n) is 17.4. The SMILES string of the molecule is COC(=O)CN1C(=O)N/C(=C/c2cc(I)c(OCc3ccc4ccccc4c3)c(I)c2)C1=O. The number of halogens is 2. The van der Waals surface area contributed by atoms with Crippen LogP contribution < -0.4 is 10.1 Å². The Hall–Kier alpha value is -2.67. The Balaban J connectivity index is 1.50. The Morgan fingerprint density at radius 1 is 1.03 bits per heavy atom. The van der Waals surface area contributed by atoms with E-state index >= 15 is 0 Å². The Bertz CT molecular complexity index is 1280. The quantitative estimate of drug-likeness (QED) is 0.179. The number of urea groups is 1. The highest BCUT2D eigenvalue weighted by molar-refractivity contribution is 14.1. The lowest BCUT2D eigenvalue weighted by Gasteiger charge is -2.12. The van der Waals surface area contributed by atoms with Crippen LogP contribution in [0.3, 0.4) is 0 Å². The average molecular weight is 668 g/mol. The first-order chi connectivity index (χ1) is 15.9. The van der Waals surface area contributed by atoms with Gasteiger partial charge in [-0.1, -0.05) is 36.4 Å². The number of hydrogen-bond donors (Lipinski definition) is 1. The lowest BCUT2D eigenvalue weighted by Crippen LogP contribution is -2.36. The molecule has 1 N–H and O–H groups in total. The Morgan fingerprint density at radius 3 is 2.42 bits per heavy atom. The molecule has 3 aromatic rings. The summed E-state index contributed by atoms with van der Waals surface area (Å²) in [6.45, 7) is -0.0105. The fraction of sp³-hybridized carbons (Fsp3) is 0.125. The Morgan fingerprint density at radius 2 is 1.73 bits per heavy atom. The molecule has 4 rings (SSSR count). The van der Waals surface area contributed by atoms with E-state index in [1.165, 1.54) is 12.5 Å². The molecule has 0 atom stereocenters. The molecular formula is C24H18I2N2O5. The minimum absolute atomic E-state index is 0.0975. The van der Waals surface area contributed by atoms with E-state index in [0.29, 0.717) is 6.61 Å². The van der Waals surface area contributed by atoms with Gasteiger partial charge in [-0.05, 0) is 91.4 Å². The molecule has 168 valence electrons. The highest BCUT2D eigenvalue weighted by Crippen LogP contribution is 2.31. The average Bonchev–Trinajstić information content (AvgIpc) is 3.05. The minimum Gasteiger partial charge on any atom is -0.487 e. The molecule has 0 radical (unpaired) electrons. The highest BCUT2D eigenvalue weighted by Gasteiger charge is 2.35. The van der Waals surface area contributed by atoms with Crippen molar-refractivity contribution < 1.29 is 23.9 Å². The van der Waals surface area contributed by atoms with Gasteiger partial charge in [-0.3, -0.25) is 9.59 Å². The predicted molar refractivity (Wildman–Crippen MR) is 140 cm³/mol. The van der Waals surface area contributed by atoms with E-state index in [2.05, 4.69) is 85.6 Å². The van der Waals surface area contributed by atoms with E-state index in [-0.39, 0.29) is 5.70 Å². The van der Waals surface area contributed by atoms with Crippen LogP contribution in [-0.4, -0.2) is 36.5 Å². The summed E-state index contributed by atoms with van der Waals surface area (Å²) in [6.07, 6.45) is 1.58. The van der Waals surface area contributed by atoms with E-state index in [1.807, 2.05) is 24.3 Å². The molecule has 0 aliphatic carbocycles. The topological polar surface area (TPSA) is 84.9 Å². The minimum atomic E-state index is -0.670. The first kappa shape index (κ1) is 23.5. The van der Waals surface area contributed by atoms with Crippen LogP contribution in [0.25, 0.3) is 16.8 Å². The summed E-state index contributed by atoms with van der Waals surface area (Å²) >= 11 is 4.37. The molecule has 7 nitrogen and oxygen atoms in total. The van der Waals surface area contributed by atoms with Gasteiger partial charge in [0.05, 0.1) is 14.3 Å². The molecule has 1 saturated heterocycles. The van der Waals surface area contributed by atoms with Gasteiger partial charge in [0.25, 0.3) is 5.91 Å². The molecule has 0 spiro atoms. The number of hydrogen-bond acceptors (Lipinski definition) is 5. The normalized spacial score (nSPS) is 14.6. The lowest BCUT2D eigenvalue weighted by atomic mass is 10.1. The first-order valence-corrected chi connectivity index (χ1v) is 12.0. The molecule has 3 aromatic carbocycles. The molecule has 1 aliphatic heterocycles. The molecule has 33 heavy (non-hydrogen) atoms. The highest BCUT2D eigenvalue weighted by atomic mass is 127. The van der Waals surface area contributed by atoms with E-state index in [0.717, 1.165) is 34.3 Å². The fourth-order valence-electron chi connectivity index (χ4n) is 3.36. The fourth-order valence-corrected chi connectivity index (χ4v) is 5.49. The van der Waals surface area contributed by atoms with E-state index in [9.17, 15) is 14.4 Å². The summed E-state index contributed by atoms with van der Waals surface area (Å²) in [5.74, 6) is -0.496. The largest absolute Gasteiger partial charge is 0.487 e. The van der Waals surface area contributed by atoms with Crippen molar-refractivity contribution >= 4 is 79.9 Å². The number of ether oxygens (including phenoxy) is 2. The zero-order chi connectivity index (χ0) is 23.5. The van der Waals surface area contributed by atoms with Crippen molar-refractivity contribution in [1.82, 2.24) is 10.2 Å². The van der Waals surface area contributed by atoms with Crippen molar-refractivity contribution in [3.8, 4) is 5.75 Å². The smallest absolute Gasteiger partial charge is 0.329 e. The third-order valence-electron chi connectivity index (χ3n) is 5.01. The Labute approximate surface area is 217 Å². The second kappa shape index (κ2) is 10.1. The van der Waals surface area contributed by atoms with E-state index in [4.69, 9.17) is 4.74 Å². The third kappa shape index (κ3) is 5.29. The van der Waals surface area contributed by atoms with Gasteiger partial charge >= 0.3 is 12.0 Å². The van der Waals surface area contributed by atoms with Gasteiger partial charge in [0.1, 0.15) is 24.6 Å².